The number of halogens is 2. The summed E-state index contributed by atoms with van der Waals surface area (Å²) in [6.07, 6.45) is 3.08. The first-order chi connectivity index (χ1) is 15.6. The lowest BCUT2D eigenvalue weighted by Gasteiger charge is -2.23. The van der Waals surface area contributed by atoms with Gasteiger partial charge < -0.3 is 15.7 Å². The maximum Gasteiger partial charge on any atom is 0.256 e. The third-order valence-corrected chi connectivity index (χ3v) is 5.75. The van der Waals surface area contributed by atoms with E-state index >= 15 is 8.78 Å². The van der Waals surface area contributed by atoms with Crippen LogP contribution in [0.3, 0.4) is 0 Å². The molecule has 1 aliphatic rings. The number of aliphatic hydroxyl groups is 1. The molecule has 33 heavy (non-hydrogen) atoms. The Morgan fingerprint density at radius 1 is 1.21 bits per heavy atom. The zero-order valence-corrected chi connectivity index (χ0v) is 18.6. The van der Waals surface area contributed by atoms with E-state index < -0.39 is 17.2 Å². The predicted molar refractivity (Wildman–Crippen MR) is 123 cm³/mol. The Balaban J connectivity index is 1.71. The Bertz CT molecular complexity index is 1260. The van der Waals surface area contributed by atoms with Crippen molar-refractivity contribution >= 4 is 17.8 Å². The number of carbonyl (C=O) groups excluding carboxylic acids is 1. The molecule has 1 amide bonds. The van der Waals surface area contributed by atoms with Gasteiger partial charge in [0.05, 0.1) is 29.9 Å². The van der Waals surface area contributed by atoms with E-state index in [1.807, 2.05) is 0 Å². The first kappa shape index (κ1) is 22.5. The number of carbonyl (C=O) groups is 1. The Kier molecular flexibility index (Phi) is 5.71. The molecule has 0 saturated carbocycles. The molecule has 3 aromatic rings. The van der Waals surface area contributed by atoms with Crippen LogP contribution in [0.25, 0.3) is 11.1 Å². The number of benzene rings is 2. The van der Waals surface area contributed by atoms with Gasteiger partial charge in [0.25, 0.3) is 5.91 Å². The van der Waals surface area contributed by atoms with Crippen molar-refractivity contribution in [2.45, 2.75) is 32.5 Å². The highest BCUT2D eigenvalue weighted by Crippen LogP contribution is 2.36. The van der Waals surface area contributed by atoms with Crippen LogP contribution >= 0.6 is 0 Å². The predicted octanol–water partition coefficient (Wildman–Crippen LogP) is 4.04. The largest absolute Gasteiger partial charge is 0.398 e. The van der Waals surface area contributed by atoms with Gasteiger partial charge in [-0.1, -0.05) is 12.1 Å². The summed E-state index contributed by atoms with van der Waals surface area (Å²) in [7, 11) is 1.56. The molecule has 170 valence electrons. The molecule has 2 heterocycles. The van der Waals surface area contributed by atoms with E-state index in [-0.39, 0.29) is 35.8 Å². The van der Waals surface area contributed by atoms with Gasteiger partial charge in [-0.25, -0.2) is 8.78 Å². The van der Waals surface area contributed by atoms with Gasteiger partial charge in [0.1, 0.15) is 11.6 Å². The van der Waals surface area contributed by atoms with Gasteiger partial charge in [0, 0.05) is 41.8 Å². The third-order valence-electron chi connectivity index (χ3n) is 5.75. The Hall–Kier alpha value is -3.65. The van der Waals surface area contributed by atoms with E-state index in [9.17, 15) is 9.90 Å². The maximum absolute atomic E-state index is 15.1. The molecule has 0 unspecified atom stereocenters. The number of anilines is 1. The van der Waals surface area contributed by atoms with Gasteiger partial charge in [-0.3, -0.25) is 14.8 Å². The fourth-order valence-corrected chi connectivity index (χ4v) is 4.10. The van der Waals surface area contributed by atoms with Gasteiger partial charge in [0.2, 0.25) is 0 Å². The number of amides is 1. The lowest BCUT2D eigenvalue weighted by Crippen LogP contribution is -2.24. The van der Waals surface area contributed by atoms with Crippen LogP contribution < -0.4 is 5.73 Å². The molecule has 3 N–H and O–H groups in total. The van der Waals surface area contributed by atoms with Crippen LogP contribution in [0.15, 0.2) is 47.6 Å². The van der Waals surface area contributed by atoms with Crippen LogP contribution in [0.4, 0.5) is 14.5 Å². The molecule has 4 rings (SSSR count). The van der Waals surface area contributed by atoms with Crippen molar-refractivity contribution in [2.24, 2.45) is 4.99 Å². The summed E-state index contributed by atoms with van der Waals surface area (Å²) in [6, 6.07) is 9.03. The molecular weight excluding hydrogens is 426 g/mol. The van der Waals surface area contributed by atoms with E-state index in [2.05, 4.69) is 9.98 Å². The number of pyridine rings is 1. The first-order valence-electron chi connectivity index (χ1n) is 10.4. The van der Waals surface area contributed by atoms with Crippen LogP contribution in [-0.2, 0) is 18.7 Å². The second kappa shape index (κ2) is 8.37. The minimum absolute atomic E-state index is 0.196. The van der Waals surface area contributed by atoms with Crippen molar-refractivity contribution in [3.8, 4) is 11.1 Å². The molecule has 1 aromatic heterocycles. The van der Waals surface area contributed by atoms with Crippen molar-refractivity contribution in [3.63, 3.8) is 0 Å². The highest BCUT2D eigenvalue weighted by molar-refractivity contribution is 5.98. The molecule has 0 radical (unpaired) electrons. The zero-order chi connectivity index (χ0) is 23.9. The standard InChI is InChI=1S/C25H24F2N4O2/c1-25(2,33)19-7-6-15(17(11-29-3)23(19)28)14-9-20(26)18(21(27)10-14)12-31-13-22-16(24(31)32)5-4-8-30-22/h4-11,33H,12-13,28H2,1-3H3. The molecule has 0 aliphatic carbocycles. The molecule has 0 fully saturated rings. The molecule has 6 nitrogen and oxygen atoms in total. The van der Waals surface area contributed by atoms with Crippen molar-refractivity contribution in [1.82, 2.24) is 9.88 Å². The Morgan fingerprint density at radius 2 is 1.91 bits per heavy atom. The molecule has 0 spiro atoms. The molecule has 0 saturated heterocycles. The van der Waals surface area contributed by atoms with Gasteiger partial charge in [-0.15, -0.1) is 0 Å². The van der Waals surface area contributed by atoms with E-state index in [4.69, 9.17) is 5.73 Å². The van der Waals surface area contributed by atoms with Crippen LogP contribution in [0.5, 0.6) is 0 Å². The number of nitrogens with zero attached hydrogens (tertiary/aromatic N) is 3. The fourth-order valence-electron chi connectivity index (χ4n) is 4.10. The minimum Gasteiger partial charge on any atom is -0.398 e. The van der Waals surface area contributed by atoms with Crippen molar-refractivity contribution in [3.05, 3.63) is 82.2 Å². The quantitative estimate of drug-likeness (QED) is 0.453. The molecule has 8 heteroatoms. The monoisotopic (exact) mass is 450 g/mol. The Labute approximate surface area is 190 Å². The highest BCUT2D eigenvalue weighted by Gasteiger charge is 2.30. The van der Waals surface area contributed by atoms with Crippen LogP contribution in [0.1, 0.15) is 46.6 Å². The lowest BCUT2D eigenvalue weighted by atomic mass is 9.89. The fraction of sp³-hybridized carbons (Fsp3) is 0.240. The number of rotatable bonds is 5. The zero-order valence-electron chi connectivity index (χ0n) is 18.6. The number of nitrogens with two attached hydrogens (primary N) is 1. The molecule has 1 aliphatic heterocycles. The summed E-state index contributed by atoms with van der Waals surface area (Å²) in [5.41, 5.74) is 7.88. The van der Waals surface area contributed by atoms with Gasteiger partial charge in [-0.05, 0) is 49.2 Å². The van der Waals surface area contributed by atoms with Crippen LogP contribution in [0, 0.1) is 11.6 Å². The maximum atomic E-state index is 15.1. The van der Waals surface area contributed by atoms with Crippen LogP contribution in [0.2, 0.25) is 0 Å². The van der Waals surface area contributed by atoms with Crippen molar-refractivity contribution in [2.75, 3.05) is 12.8 Å². The van der Waals surface area contributed by atoms with E-state index in [0.717, 1.165) is 0 Å². The van der Waals surface area contributed by atoms with Crippen molar-refractivity contribution < 1.29 is 18.7 Å². The summed E-state index contributed by atoms with van der Waals surface area (Å²) >= 11 is 0. The smallest absolute Gasteiger partial charge is 0.256 e. The van der Waals surface area contributed by atoms with Gasteiger partial charge >= 0.3 is 0 Å². The minimum atomic E-state index is -1.20. The summed E-state index contributed by atoms with van der Waals surface area (Å²) in [6.45, 7) is 3.19. The van der Waals surface area contributed by atoms with E-state index in [1.54, 1.807) is 51.4 Å². The number of fused-ring (bicyclic) bond motifs is 1. The average Bonchev–Trinajstić information content (AvgIpc) is 3.07. The van der Waals surface area contributed by atoms with Crippen LogP contribution in [-0.4, -0.2) is 34.2 Å². The topological polar surface area (TPSA) is 91.8 Å². The SMILES string of the molecule is CN=Cc1c(-c2cc(F)c(CN3Cc4ncccc4C3=O)c(F)c2)ccc(C(C)(C)O)c1N. The average molecular weight is 450 g/mol. The summed E-state index contributed by atoms with van der Waals surface area (Å²) in [5.74, 6) is -1.85. The number of aliphatic imine (C=N–C) groups is 1. The molecule has 2 aromatic carbocycles. The third kappa shape index (κ3) is 4.09. The summed E-state index contributed by atoms with van der Waals surface area (Å²) in [4.78, 5) is 22.1. The van der Waals surface area contributed by atoms with Gasteiger partial charge in [0.15, 0.2) is 0 Å². The normalized spacial score (nSPS) is 13.8. The van der Waals surface area contributed by atoms with E-state index in [1.165, 1.54) is 23.2 Å². The highest BCUT2D eigenvalue weighted by atomic mass is 19.1. The number of aromatic nitrogens is 1. The van der Waals surface area contributed by atoms with Gasteiger partial charge in [-0.2, -0.15) is 0 Å². The second-order valence-electron chi connectivity index (χ2n) is 8.51. The molecular formula is C25H24F2N4O2. The summed E-state index contributed by atoms with van der Waals surface area (Å²) < 4.78 is 30.2. The second-order valence-corrected chi connectivity index (χ2v) is 8.51. The number of hydrogen-bond acceptors (Lipinski definition) is 5. The molecule has 0 atom stereocenters. The first-order valence-corrected chi connectivity index (χ1v) is 10.4. The number of hydrogen-bond donors (Lipinski definition) is 2. The lowest BCUT2D eigenvalue weighted by molar-refractivity contribution is 0.0761. The Morgan fingerprint density at radius 3 is 2.52 bits per heavy atom. The summed E-state index contributed by atoms with van der Waals surface area (Å²) in [5, 5.41) is 10.4. The van der Waals surface area contributed by atoms with E-state index in [0.29, 0.717) is 27.9 Å². The van der Waals surface area contributed by atoms with Crippen molar-refractivity contribution in [1.29, 1.82) is 0 Å². The number of nitrogen functional groups attached to an aromatic ring is 1. The molecule has 0 bridgehead atoms.